The predicted molar refractivity (Wildman–Crippen MR) is 249 cm³/mol. The van der Waals surface area contributed by atoms with Crippen LogP contribution in [0.25, 0.3) is 0 Å². The van der Waals surface area contributed by atoms with Gasteiger partial charge >= 0.3 is 0 Å². The quantitative estimate of drug-likeness (QED) is 0.0425. The molecule has 3 N–H and O–H groups in total. The van der Waals surface area contributed by atoms with Gasteiger partial charge in [0.25, 0.3) is 0 Å². The average Bonchev–Trinajstić information content (AvgIpc) is 3.20. The van der Waals surface area contributed by atoms with Crippen LogP contribution < -0.4 is 5.32 Å². The van der Waals surface area contributed by atoms with Crippen molar-refractivity contribution in [2.45, 2.75) is 309 Å². The fourth-order valence-corrected chi connectivity index (χ4v) is 8.30. The van der Waals surface area contributed by atoms with Gasteiger partial charge in [-0.05, 0) is 38.5 Å². The smallest absolute Gasteiger partial charge is 0.220 e. The minimum atomic E-state index is -0.659. The number of unbranched alkanes of at least 4 members (excludes halogenated alkanes) is 39. The van der Waals surface area contributed by atoms with Crippen LogP contribution in [-0.2, 0) is 4.79 Å². The highest BCUT2D eigenvalue weighted by molar-refractivity contribution is 5.76. The Hall–Kier alpha value is -0.870. The lowest BCUT2D eigenvalue weighted by Gasteiger charge is -2.22. The van der Waals surface area contributed by atoms with E-state index in [1.807, 2.05) is 0 Å². The molecular formula is C52H103NO3. The number of amides is 1. The van der Waals surface area contributed by atoms with Gasteiger partial charge < -0.3 is 15.5 Å². The van der Waals surface area contributed by atoms with E-state index in [1.54, 1.807) is 0 Å². The summed E-state index contributed by atoms with van der Waals surface area (Å²) in [6.45, 7) is 4.39. The molecule has 0 rings (SSSR count). The second kappa shape index (κ2) is 48.5. The van der Waals surface area contributed by atoms with Crippen LogP contribution in [0.15, 0.2) is 12.2 Å². The molecule has 2 unspecified atom stereocenters. The molecule has 0 aromatic carbocycles. The molecule has 56 heavy (non-hydrogen) atoms. The minimum absolute atomic E-state index is 0.0309. The molecule has 1 amide bonds. The third-order valence-electron chi connectivity index (χ3n) is 12.3. The molecule has 0 heterocycles. The van der Waals surface area contributed by atoms with E-state index in [9.17, 15) is 15.0 Å². The third kappa shape index (κ3) is 44.2. The number of carbonyl (C=O) groups is 1. The Labute approximate surface area is 352 Å². The molecule has 334 valence electrons. The first kappa shape index (κ1) is 55.1. The summed E-state index contributed by atoms with van der Waals surface area (Å²) in [7, 11) is 0. The lowest BCUT2D eigenvalue weighted by Crippen LogP contribution is -2.45. The lowest BCUT2D eigenvalue weighted by molar-refractivity contribution is -0.123. The summed E-state index contributed by atoms with van der Waals surface area (Å²) in [6.07, 6.45) is 61.8. The largest absolute Gasteiger partial charge is 0.394 e. The van der Waals surface area contributed by atoms with Crippen molar-refractivity contribution in [3.63, 3.8) is 0 Å². The van der Waals surface area contributed by atoms with Gasteiger partial charge in [-0.25, -0.2) is 0 Å². The van der Waals surface area contributed by atoms with Crippen LogP contribution in [0.3, 0.4) is 0 Å². The molecule has 4 heteroatoms. The number of rotatable bonds is 48. The number of carbonyl (C=O) groups excluding carboxylic acids is 1. The Bertz CT molecular complexity index is 769. The Morgan fingerprint density at radius 3 is 0.982 bits per heavy atom. The van der Waals surface area contributed by atoms with Crippen LogP contribution in [0.1, 0.15) is 296 Å². The number of nitrogens with one attached hydrogen (secondary N) is 1. The van der Waals surface area contributed by atoms with Crippen molar-refractivity contribution in [2.24, 2.45) is 0 Å². The first-order valence-electron chi connectivity index (χ1n) is 25.9. The maximum absolute atomic E-state index is 12.4. The standard InChI is InChI=1S/C52H103NO3/c1-3-5-7-9-11-13-15-17-19-21-23-24-25-26-27-28-30-31-33-35-37-39-41-43-45-47-51(55)50(49-54)53-52(56)48-46-44-42-40-38-36-34-32-29-22-20-18-16-14-12-10-8-6-4-2/h22,29,50-51,54-55H,3-21,23-28,30-49H2,1-2H3,(H,53,56)/b29-22-. The molecule has 0 aliphatic rings. The Balaban J connectivity index is 3.44. The molecule has 0 fully saturated rings. The van der Waals surface area contributed by atoms with Crippen LogP contribution >= 0.6 is 0 Å². The van der Waals surface area contributed by atoms with E-state index in [-0.39, 0.29) is 12.5 Å². The third-order valence-corrected chi connectivity index (χ3v) is 12.3. The monoisotopic (exact) mass is 790 g/mol. The molecule has 0 aliphatic carbocycles. The van der Waals surface area contributed by atoms with Crippen molar-refractivity contribution < 1.29 is 15.0 Å². The van der Waals surface area contributed by atoms with Crippen LogP contribution in [-0.4, -0.2) is 34.9 Å². The van der Waals surface area contributed by atoms with Gasteiger partial charge in [0, 0.05) is 6.42 Å². The van der Waals surface area contributed by atoms with Gasteiger partial charge in [-0.3, -0.25) is 4.79 Å². The highest BCUT2D eigenvalue weighted by atomic mass is 16.3. The predicted octanol–water partition coefficient (Wildman–Crippen LogP) is 16.6. The van der Waals surface area contributed by atoms with E-state index in [0.717, 1.165) is 25.7 Å². The Morgan fingerprint density at radius 2 is 0.679 bits per heavy atom. The normalized spacial score (nSPS) is 12.9. The minimum Gasteiger partial charge on any atom is -0.394 e. The zero-order chi connectivity index (χ0) is 40.7. The summed E-state index contributed by atoms with van der Waals surface area (Å²) in [4.78, 5) is 12.4. The van der Waals surface area contributed by atoms with Gasteiger partial charge in [-0.2, -0.15) is 0 Å². The molecule has 0 aliphatic heterocycles. The Morgan fingerprint density at radius 1 is 0.411 bits per heavy atom. The fourth-order valence-electron chi connectivity index (χ4n) is 8.30. The van der Waals surface area contributed by atoms with Crippen molar-refractivity contribution in [2.75, 3.05) is 6.61 Å². The van der Waals surface area contributed by atoms with Crippen LogP contribution in [0.4, 0.5) is 0 Å². The summed E-state index contributed by atoms with van der Waals surface area (Å²) >= 11 is 0. The molecule has 0 bridgehead atoms. The van der Waals surface area contributed by atoms with Crippen molar-refractivity contribution in [3.8, 4) is 0 Å². The van der Waals surface area contributed by atoms with E-state index in [4.69, 9.17) is 0 Å². The molecule has 0 radical (unpaired) electrons. The lowest BCUT2D eigenvalue weighted by atomic mass is 10.0. The first-order chi connectivity index (χ1) is 27.7. The van der Waals surface area contributed by atoms with E-state index in [2.05, 4.69) is 31.3 Å². The molecule has 0 saturated heterocycles. The average molecular weight is 790 g/mol. The van der Waals surface area contributed by atoms with Crippen LogP contribution in [0.5, 0.6) is 0 Å². The SMILES string of the molecule is CCCCCCCCCC/C=C\CCCCCCCCCC(=O)NC(CO)C(O)CCCCCCCCCCCCCCCCCCCCCCCCCCC. The second-order valence-electron chi connectivity index (χ2n) is 17.9. The topological polar surface area (TPSA) is 69.6 Å². The second-order valence-corrected chi connectivity index (χ2v) is 17.9. The van der Waals surface area contributed by atoms with Crippen molar-refractivity contribution >= 4 is 5.91 Å². The molecule has 2 atom stereocenters. The fraction of sp³-hybridized carbons (Fsp3) is 0.942. The van der Waals surface area contributed by atoms with E-state index in [0.29, 0.717) is 12.8 Å². The molecule has 0 spiro atoms. The summed E-state index contributed by atoms with van der Waals surface area (Å²) in [6, 6.07) is -0.536. The number of allylic oxidation sites excluding steroid dienone is 2. The maximum atomic E-state index is 12.4. The van der Waals surface area contributed by atoms with Gasteiger partial charge in [0.2, 0.25) is 5.91 Å². The number of aliphatic hydroxyl groups is 2. The van der Waals surface area contributed by atoms with Crippen molar-refractivity contribution in [1.29, 1.82) is 0 Å². The number of hydrogen-bond acceptors (Lipinski definition) is 3. The molecule has 4 nitrogen and oxygen atoms in total. The van der Waals surface area contributed by atoms with Gasteiger partial charge in [0.15, 0.2) is 0 Å². The van der Waals surface area contributed by atoms with Gasteiger partial charge in [0.05, 0.1) is 18.8 Å². The van der Waals surface area contributed by atoms with Crippen molar-refractivity contribution in [1.82, 2.24) is 5.32 Å². The molecule has 0 aromatic rings. The number of aliphatic hydroxyl groups excluding tert-OH is 2. The zero-order valence-corrected chi connectivity index (χ0v) is 38.4. The molecular weight excluding hydrogens is 687 g/mol. The summed E-state index contributed by atoms with van der Waals surface area (Å²) < 4.78 is 0. The molecule has 0 aromatic heterocycles. The Kier molecular flexibility index (Phi) is 47.7. The van der Waals surface area contributed by atoms with Gasteiger partial charge in [-0.1, -0.05) is 264 Å². The summed E-state index contributed by atoms with van der Waals surface area (Å²) in [5.41, 5.74) is 0. The van der Waals surface area contributed by atoms with Gasteiger partial charge in [-0.15, -0.1) is 0 Å². The first-order valence-corrected chi connectivity index (χ1v) is 25.9. The van der Waals surface area contributed by atoms with Gasteiger partial charge in [0.1, 0.15) is 0 Å². The highest BCUT2D eigenvalue weighted by Gasteiger charge is 2.20. The number of hydrogen-bond donors (Lipinski definition) is 3. The summed E-state index contributed by atoms with van der Waals surface area (Å²) in [5.74, 6) is -0.0309. The molecule has 0 saturated carbocycles. The van der Waals surface area contributed by atoms with E-state index < -0.39 is 12.1 Å². The van der Waals surface area contributed by atoms with Crippen LogP contribution in [0, 0.1) is 0 Å². The van der Waals surface area contributed by atoms with Crippen molar-refractivity contribution in [3.05, 3.63) is 12.2 Å². The summed E-state index contributed by atoms with van der Waals surface area (Å²) in [5, 5.41) is 23.3. The maximum Gasteiger partial charge on any atom is 0.220 e. The van der Waals surface area contributed by atoms with Crippen LogP contribution in [0.2, 0.25) is 0 Å². The van der Waals surface area contributed by atoms with E-state index in [1.165, 1.54) is 244 Å². The zero-order valence-electron chi connectivity index (χ0n) is 38.4. The van der Waals surface area contributed by atoms with E-state index >= 15 is 0 Å². The highest BCUT2D eigenvalue weighted by Crippen LogP contribution is 2.17.